The largest absolute Gasteiger partial charge is 0.296 e. The number of hydrogen-bond acceptors (Lipinski definition) is 3. The predicted molar refractivity (Wildman–Crippen MR) is 117 cm³/mol. The van der Waals surface area contributed by atoms with Crippen molar-refractivity contribution in [1.82, 2.24) is 14.5 Å². The SMILES string of the molecule is Cc1ccc(Cc2cc3c(=O)n(C4CCCCC4)cnc3c3ccccc23)cn1. The van der Waals surface area contributed by atoms with E-state index in [9.17, 15) is 4.79 Å². The van der Waals surface area contributed by atoms with Crippen LogP contribution in [-0.4, -0.2) is 14.5 Å². The number of aryl methyl sites for hydroxylation is 1. The van der Waals surface area contributed by atoms with Crippen LogP contribution in [0.4, 0.5) is 0 Å². The summed E-state index contributed by atoms with van der Waals surface area (Å²) < 4.78 is 1.88. The van der Waals surface area contributed by atoms with E-state index in [1.165, 1.54) is 19.3 Å². The number of aromatic nitrogens is 3. The fourth-order valence-electron chi connectivity index (χ4n) is 4.64. The topological polar surface area (TPSA) is 47.8 Å². The molecule has 4 nitrogen and oxygen atoms in total. The van der Waals surface area contributed by atoms with Crippen molar-refractivity contribution in [3.8, 4) is 0 Å². The highest BCUT2D eigenvalue weighted by molar-refractivity contribution is 6.06. The Morgan fingerprint density at radius 2 is 1.76 bits per heavy atom. The van der Waals surface area contributed by atoms with E-state index in [0.29, 0.717) is 0 Å². The average molecular weight is 383 g/mol. The van der Waals surface area contributed by atoms with Crippen molar-refractivity contribution in [3.63, 3.8) is 0 Å². The molecule has 0 unspecified atom stereocenters. The van der Waals surface area contributed by atoms with E-state index in [-0.39, 0.29) is 11.6 Å². The van der Waals surface area contributed by atoms with Crippen LogP contribution in [0.2, 0.25) is 0 Å². The van der Waals surface area contributed by atoms with Gasteiger partial charge in [-0.25, -0.2) is 4.98 Å². The Labute approximate surface area is 170 Å². The number of rotatable bonds is 3. The highest BCUT2D eigenvalue weighted by atomic mass is 16.1. The van der Waals surface area contributed by atoms with Crippen molar-refractivity contribution in [2.24, 2.45) is 0 Å². The fraction of sp³-hybridized carbons (Fsp3) is 0.320. The first-order valence-electron chi connectivity index (χ1n) is 10.5. The molecule has 1 saturated carbocycles. The van der Waals surface area contributed by atoms with E-state index >= 15 is 0 Å². The molecule has 0 radical (unpaired) electrons. The Kier molecular flexibility index (Phi) is 4.62. The molecule has 0 spiro atoms. The van der Waals surface area contributed by atoms with Crippen molar-refractivity contribution < 1.29 is 0 Å². The molecule has 29 heavy (non-hydrogen) atoms. The van der Waals surface area contributed by atoms with Crippen molar-refractivity contribution in [3.05, 3.63) is 82.2 Å². The van der Waals surface area contributed by atoms with E-state index in [1.807, 2.05) is 35.9 Å². The van der Waals surface area contributed by atoms with Gasteiger partial charge in [-0.3, -0.25) is 14.3 Å². The molecule has 1 fully saturated rings. The van der Waals surface area contributed by atoms with Gasteiger partial charge in [0.05, 0.1) is 17.2 Å². The van der Waals surface area contributed by atoms with Crippen molar-refractivity contribution in [2.75, 3.05) is 0 Å². The molecule has 2 heterocycles. The smallest absolute Gasteiger partial charge is 0.261 e. The molecule has 0 bridgehead atoms. The number of hydrogen-bond donors (Lipinski definition) is 0. The van der Waals surface area contributed by atoms with Gasteiger partial charge in [0, 0.05) is 23.3 Å². The Balaban J connectivity index is 1.69. The van der Waals surface area contributed by atoms with Gasteiger partial charge in [0.15, 0.2) is 0 Å². The Morgan fingerprint density at radius 3 is 2.52 bits per heavy atom. The monoisotopic (exact) mass is 383 g/mol. The van der Waals surface area contributed by atoms with Crippen LogP contribution >= 0.6 is 0 Å². The number of pyridine rings is 1. The molecule has 4 aromatic rings. The first-order chi connectivity index (χ1) is 14.2. The van der Waals surface area contributed by atoms with Crippen LogP contribution in [0.1, 0.15) is 55.0 Å². The highest BCUT2D eigenvalue weighted by Gasteiger charge is 2.19. The lowest BCUT2D eigenvalue weighted by atomic mass is 9.94. The molecule has 0 saturated heterocycles. The summed E-state index contributed by atoms with van der Waals surface area (Å²) in [4.78, 5) is 22.6. The van der Waals surface area contributed by atoms with Crippen LogP contribution < -0.4 is 5.56 Å². The molecule has 2 aromatic carbocycles. The van der Waals surface area contributed by atoms with E-state index in [0.717, 1.165) is 57.8 Å². The standard InChI is InChI=1S/C25H25N3O/c1-17-11-12-18(15-26-17)13-19-14-23-24(22-10-6-5-9-21(19)22)27-16-28(25(23)29)20-7-3-2-4-8-20/h5-6,9-12,14-16,20H,2-4,7-8,13H2,1H3. The summed E-state index contributed by atoms with van der Waals surface area (Å²) in [6.07, 6.45) is 10.3. The summed E-state index contributed by atoms with van der Waals surface area (Å²) in [5.74, 6) is 0. The number of benzene rings is 2. The minimum atomic E-state index is 0.0935. The summed E-state index contributed by atoms with van der Waals surface area (Å²) in [6.45, 7) is 1.99. The Morgan fingerprint density at radius 1 is 0.966 bits per heavy atom. The van der Waals surface area contributed by atoms with Gasteiger partial charge >= 0.3 is 0 Å². The molecular formula is C25H25N3O. The third-order valence-electron chi connectivity index (χ3n) is 6.21. The zero-order chi connectivity index (χ0) is 19.8. The van der Waals surface area contributed by atoms with Gasteiger partial charge in [-0.2, -0.15) is 0 Å². The van der Waals surface area contributed by atoms with Gasteiger partial charge in [0.1, 0.15) is 0 Å². The molecule has 1 aliphatic rings. The lowest BCUT2D eigenvalue weighted by Crippen LogP contribution is -2.26. The van der Waals surface area contributed by atoms with E-state index in [1.54, 1.807) is 6.33 Å². The summed E-state index contributed by atoms with van der Waals surface area (Å²) in [5.41, 5.74) is 4.21. The summed E-state index contributed by atoms with van der Waals surface area (Å²) in [5, 5.41) is 2.93. The van der Waals surface area contributed by atoms with E-state index < -0.39 is 0 Å². The molecule has 0 aliphatic heterocycles. The molecule has 0 amide bonds. The van der Waals surface area contributed by atoms with Gasteiger partial charge in [-0.05, 0) is 54.8 Å². The van der Waals surface area contributed by atoms with E-state index in [4.69, 9.17) is 4.98 Å². The van der Waals surface area contributed by atoms with Crippen LogP contribution in [0.3, 0.4) is 0 Å². The van der Waals surface area contributed by atoms with Gasteiger partial charge in [-0.1, -0.05) is 49.6 Å². The normalized spacial score (nSPS) is 15.2. The minimum absolute atomic E-state index is 0.0935. The summed E-state index contributed by atoms with van der Waals surface area (Å²) in [7, 11) is 0. The molecule has 146 valence electrons. The lowest BCUT2D eigenvalue weighted by Gasteiger charge is -2.24. The maximum atomic E-state index is 13.4. The van der Waals surface area contributed by atoms with E-state index in [2.05, 4.69) is 29.2 Å². The van der Waals surface area contributed by atoms with Gasteiger partial charge in [0.2, 0.25) is 0 Å². The van der Waals surface area contributed by atoms with Crippen LogP contribution in [0.5, 0.6) is 0 Å². The second kappa shape index (κ2) is 7.43. The average Bonchev–Trinajstić information content (AvgIpc) is 2.77. The molecule has 0 atom stereocenters. The van der Waals surface area contributed by atoms with Gasteiger partial charge in [0.25, 0.3) is 5.56 Å². The summed E-state index contributed by atoms with van der Waals surface area (Å²) >= 11 is 0. The molecule has 2 aromatic heterocycles. The van der Waals surface area contributed by atoms with Crippen molar-refractivity contribution in [1.29, 1.82) is 0 Å². The first kappa shape index (κ1) is 18.0. The number of fused-ring (bicyclic) bond motifs is 3. The zero-order valence-corrected chi connectivity index (χ0v) is 16.8. The predicted octanol–water partition coefficient (Wildman–Crippen LogP) is 5.35. The third kappa shape index (κ3) is 3.33. The molecular weight excluding hydrogens is 358 g/mol. The minimum Gasteiger partial charge on any atom is -0.296 e. The summed E-state index contributed by atoms with van der Waals surface area (Å²) in [6, 6.07) is 14.8. The Hall–Kier alpha value is -3.01. The Bertz CT molecular complexity index is 1230. The number of nitrogens with zero attached hydrogens (tertiary/aromatic N) is 3. The third-order valence-corrected chi connectivity index (χ3v) is 6.21. The second-order valence-electron chi connectivity index (χ2n) is 8.21. The molecule has 0 N–H and O–H groups in total. The fourth-order valence-corrected chi connectivity index (χ4v) is 4.64. The molecule has 1 aliphatic carbocycles. The van der Waals surface area contributed by atoms with Gasteiger partial charge in [-0.15, -0.1) is 0 Å². The van der Waals surface area contributed by atoms with Crippen LogP contribution in [0.15, 0.2) is 59.8 Å². The first-order valence-corrected chi connectivity index (χ1v) is 10.5. The van der Waals surface area contributed by atoms with Crippen LogP contribution in [-0.2, 0) is 6.42 Å². The quantitative estimate of drug-likeness (QED) is 0.448. The zero-order valence-electron chi connectivity index (χ0n) is 16.8. The van der Waals surface area contributed by atoms with Crippen LogP contribution in [0, 0.1) is 6.92 Å². The second-order valence-corrected chi connectivity index (χ2v) is 8.21. The lowest BCUT2D eigenvalue weighted by molar-refractivity contribution is 0.345. The van der Waals surface area contributed by atoms with Crippen LogP contribution in [0.25, 0.3) is 21.7 Å². The maximum absolute atomic E-state index is 13.4. The molecule has 5 rings (SSSR count). The molecule has 4 heteroatoms. The maximum Gasteiger partial charge on any atom is 0.261 e. The van der Waals surface area contributed by atoms with Gasteiger partial charge < -0.3 is 0 Å². The van der Waals surface area contributed by atoms with Crippen molar-refractivity contribution in [2.45, 2.75) is 51.5 Å². The highest BCUT2D eigenvalue weighted by Crippen LogP contribution is 2.30. The van der Waals surface area contributed by atoms with Crippen molar-refractivity contribution >= 4 is 21.7 Å².